The van der Waals surface area contributed by atoms with Crippen molar-refractivity contribution in [2.75, 3.05) is 46.0 Å². The highest BCUT2D eigenvalue weighted by Gasteiger charge is 2.44. The summed E-state index contributed by atoms with van der Waals surface area (Å²) in [5.74, 6) is -0.951. The Balaban J connectivity index is 1.47. The van der Waals surface area contributed by atoms with Gasteiger partial charge in [-0.25, -0.2) is 0 Å². The molecule has 3 aromatic rings. The Morgan fingerprint density at radius 3 is 2.76 bits per heavy atom. The SMILES string of the molecule is C=CCOc1cccc(C2C(C(=O)c3cc4cc(C)ccc4o3)=C(O)C(=O)N2CCCN2CCOCC2)c1. The summed E-state index contributed by atoms with van der Waals surface area (Å²) >= 11 is 0. The van der Waals surface area contributed by atoms with Crippen molar-refractivity contribution in [2.24, 2.45) is 0 Å². The maximum atomic E-state index is 13.8. The summed E-state index contributed by atoms with van der Waals surface area (Å²) in [6.07, 6.45) is 2.33. The van der Waals surface area contributed by atoms with Crippen molar-refractivity contribution in [3.05, 3.63) is 89.4 Å². The van der Waals surface area contributed by atoms with E-state index in [4.69, 9.17) is 13.9 Å². The molecule has 2 aromatic carbocycles. The van der Waals surface area contributed by atoms with Gasteiger partial charge in [0.05, 0.1) is 24.8 Å². The van der Waals surface area contributed by atoms with E-state index >= 15 is 0 Å². The molecule has 1 aromatic heterocycles. The minimum absolute atomic E-state index is 0.0121. The standard InChI is InChI=1S/C30H32N2O6/c1-3-14-37-23-7-4-6-21(18-23)27-26(28(33)25-19-22-17-20(2)8-9-24(22)38-25)29(34)30(35)32(27)11-5-10-31-12-15-36-16-13-31/h3-4,6-9,17-19,27,34H,1,5,10-16H2,2H3. The molecule has 5 rings (SSSR count). The first-order valence-electron chi connectivity index (χ1n) is 12.9. The number of morpholine rings is 1. The van der Waals surface area contributed by atoms with Crippen LogP contribution in [0.15, 0.2) is 76.9 Å². The molecule has 2 aliphatic heterocycles. The summed E-state index contributed by atoms with van der Waals surface area (Å²) < 4.78 is 17.0. The van der Waals surface area contributed by atoms with Gasteiger partial charge >= 0.3 is 0 Å². The summed E-state index contributed by atoms with van der Waals surface area (Å²) in [6, 6.07) is 13.8. The smallest absolute Gasteiger partial charge is 0.290 e. The van der Waals surface area contributed by atoms with E-state index < -0.39 is 23.5 Å². The maximum Gasteiger partial charge on any atom is 0.290 e. The minimum atomic E-state index is -0.776. The Morgan fingerprint density at radius 2 is 1.97 bits per heavy atom. The van der Waals surface area contributed by atoms with Crippen molar-refractivity contribution in [1.29, 1.82) is 0 Å². The quantitative estimate of drug-likeness (QED) is 0.311. The average Bonchev–Trinajstić information content (AvgIpc) is 3.46. The van der Waals surface area contributed by atoms with Crippen molar-refractivity contribution in [3.8, 4) is 5.75 Å². The monoisotopic (exact) mass is 516 g/mol. The Labute approximate surface area is 221 Å². The van der Waals surface area contributed by atoms with E-state index in [1.54, 1.807) is 29.2 Å². The van der Waals surface area contributed by atoms with Gasteiger partial charge in [0.25, 0.3) is 5.91 Å². The summed E-state index contributed by atoms with van der Waals surface area (Å²) in [7, 11) is 0. The molecule has 1 N–H and O–H groups in total. The molecule has 8 nitrogen and oxygen atoms in total. The zero-order valence-corrected chi connectivity index (χ0v) is 21.5. The highest BCUT2D eigenvalue weighted by atomic mass is 16.5. The number of Topliss-reactive ketones (excluding diaryl/α,β-unsaturated/α-hetero) is 1. The number of ketones is 1. The van der Waals surface area contributed by atoms with Crippen molar-refractivity contribution in [1.82, 2.24) is 9.80 Å². The van der Waals surface area contributed by atoms with Gasteiger partial charge in [-0.2, -0.15) is 0 Å². The number of ether oxygens (including phenoxy) is 2. The number of rotatable bonds is 10. The maximum absolute atomic E-state index is 13.8. The van der Waals surface area contributed by atoms with Gasteiger partial charge in [-0.3, -0.25) is 14.5 Å². The van der Waals surface area contributed by atoms with Crippen LogP contribution >= 0.6 is 0 Å². The van der Waals surface area contributed by atoms with Crippen LogP contribution in [0.3, 0.4) is 0 Å². The lowest BCUT2D eigenvalue weighted by Gasteiger charge is -2.30. The third kappa shape index (κ3) is 5.23. The average molecular weight is 517 g/mol. The number of aliphatic hydroxyl groups is 1. The molecule has 198 valence electrons. The summed E-state index contributed by atoms with van der Waals surface area (Å²) in [4.78, 5) is 31.0. The van der Waals surface area contributed by atoms with Crippen LogP contribution in [0, 0.1) is 6.92 Å². The Bertz CT molecular complexity index is 1380. The van der Waals surface area contributed by atoms with Gasteiger partial charge in [0, 0.05) is 31.6 Å². The van der Waals surface area contributed by atoms with E-state index in [2.05, 4.69) is 11.5 Å². The van der Waals surface area contributed by atoms with Gasteiger partial charge in [0.15, 0.2) is 11.5 Å². The van der Waals surface area contributed by atoms with E-state index in [0.29, 0.717) is 49.7 Å². The van der Waals surface area contributed by atoms with Gasteiger partial charge in [-0.15, -0.1) is 0 Å². The first-order chi connectivity index (χ1) is 18.5. The molecular weight excluding hydrogens is 484 g/mol. The second-order valence-corrected chi connectivity index (χ2v) is 9.62. The Hall–Kier alpha value is -3.88. The van der Waals surface area contributed by atoms with Gasteiger partial charge in [-0.05, 0) is 49.2 Å². The Morgan fingerprint density at radius 1 is 1.16 bits per heavy atom. The van der Waals surface area contributed by atoms with Crippen molar-refractivity contribution in [2.45, 2.75) is 19.4 Å². The van der Waals surface area contributed by atoms with Crippen LogP contribution in [0.1, 0.15) is 34.1 Å². The van der Waals surface area contributed by atoms with Gasteiger partial charge in [-0.1, -0.05) is 36.4 Å². The number of benzene rings is 2. The zero-order valence-electron chi connectivity index (χ0n) is 21.5. The van der Waals surface area contributed by atoms with E-state index in [-0.39, 0.29) is 11.3 Å². The van der Waals surface area contributed by atoms with Crippen LogP contribution in [0.5, 0.6) is 5.75 Å². The molecular formula is C30H32N2O6. The van der Waals surface area contributed by atoms with E-state index in [9.17, 15) is 14.7 Å². The fourth-order valence-corrected chi connectivity index (χ4v) is 5.09. The largest absolute Gasteiger partial charge is 0.503 e. The number of carbonyl (C=O) groups excluding carboxylic acids is 2. The summed E-state index contributed by atoms with van der Waals surface area (Å²) in [5.41, 5.74) is 2.29. The molecule has 0 bridgehead atoms. The van der Waals surface area contributed by atoms with E-state index in [0.717, 1.165) is 30.6 Å². The van der Waals surface area contributed by atoms with Gasteiger partial charge in [0.1, 0.15) is 17.9 Å². The topological polar surface area (TPSA) is 92.5 Å². The lowest BCUT2D eigenvalue weighted by Crippen LogP contribution is -2.39. The van der Waals surface area contributed by atoms with Crippen LogP contribution in [-0.4, -0.2) is 72.6 Å². The molecule has 0 radical (unpaired) electrons. The Kier molecular flexibility index (Phi) is 7.62. The number of aryl methyl sites for hydroxylation is 1. The molecule has 0 saturated carbocycles. The molecule has 1 fully saturated rings. The number of furan rings is 1. The molecule has 2 aliphatic rings. The number of amides is 1. The molecule has 38 heavy (non-hydrogen) atoms. The predicted octanol–water partition coefficient (Wildman–Crippen LogP) is 4.61. The number of carbonyl (C=O) groups is 2. The normalized spacial score (nSPS) is 18.4. The highest BCUT2D eigenvalue weighted by molar-refractivity contribution is 6.16. The molecule has 1 amide bonds. The molecule has 1 atom stereocenters. The van der Waals surface area contributed by atoms with Crippen LogP contribution in [0.25, 0.3) is 11.0 Å². The summed E-state index contributed by atoms with van der Waals surface area (Å²) in [6.45, 7) is 10.2. The zero-order chi connectivity index (χ0) is 26.6. The predicted molar refractivity (Wildman–Crippen MR) is 143 cm³/mol. The first-order valence-corrected chi connectivity index (χ1v) is 12.9. The first kappa shape index (κ1) is 25.8. The van der Waals surface area contributed by atoms with Crippen molar-refractivity contribution >= 4 is 22.7 Å². The number of hydrogen-bond donors (Lipinski definition) is 1. The third-order valence-corrected chi connectivity index (χ3v) is 6.96. The third-order valence-electron chi connectivity index (χ3n) is 6.96. The molecule has 0 spiro atoms. The minimum Gasteiger partial charge on any atom is -0.503 e. The molecule has 0 aliphatic carbocycles. The molecule has 8 heteroatoms. The second kappa shape index (κ2) is 11.2. The van der Waals surface area contributed by atoms with Gasteiger partial charge in [0.2, 0.25) is 5.78 Å². The lowest BCUT2D eigenvalue weighted by molar-refractivity contribution is -0.129. The molecule has 1 unspecified atom stereocenters. The molecule has 3 heterocycles. The van der Waals surface area contributed by atoms with E-state index in [1.807, 2.05) is 37.3 Å². The van der Waals surface area contributed by atoms with Crippen LogP contribution in [0.2, 0.25) is 0 Å². The van der Waals surface area contributed by atoms with Gasteiger partial charge < -0.3 is 23.9 Å². The highest BCUT2D eigenvalue weighted by Crippen LogP contribution is 2.40. The van der Waals surface area contributed by atoms with Crippen LogP contribution in [0.4, 0.5) is 0 Å². The number of aliphatic hydroxyl groups excluding tert-OH is 1. The number of nitrogens with zero attached hydrogens (tertiary/aromatic N) is 2. The summed E-state index contributed by atoms with van der Waals surface area (Å²) in [5, 5.41) is 11.8. The van der Waals surface area contributed by atoms with E-state index in [1.165, 1.54) is 0 Å². The fraction of sp³-hybridized carbons (Fsp3) is 0.333. The lowest BCUT2D eigenvalue weighted by atomic mass is 9.94. The fourth-order valence-electron chi connectivity index (χ4n) is 5.09. The van der Waals surface area contributed by atoms with Crippen molar-refractivity contribution < 1.29 is 28.6 Å². The molecule has 1 saturated heterocycles. The second-order valence-electron chi connectivity index (χ2n) is 9.62. The van der Waals surface area contributed by atoms with Crippen molar-refractivity contribution in [3.63, 3.8) is 0 Å². The number of hydrogen-bond acceptors (Lipinski definition) is 7. The number of fused-ring (bicyclic) bond motifs is 1. The van der Waals surface area contributed by atoms with Crippen LogP contribution < -0.4 is 4.74 Å². The van der Waals surface area contributed by atoms with Crippen LogP contribution in [-0.2, 0) is 9.53 Å².